The van der Waals surface area contributed by atoms with E-state index in [1.54, 1.807) is 0 Å². The van der Waals surface area contributed by atoms with Crippen molar-refractivity contribution in [3.05, 3.63) is 0 Å². The molecule has 0 unspecified atom stereocenters. The Balaban J connectivity index is 0. The van der Waals surface area contributed by atoms with Gasteiger partial charge in [-0.05, 0) is 6.42 Å². The van der Waals surface area contributed by atoms with Crippen molar-refractivity contribution in [3.63, 3.8) is 0 Å². The predicted octanol–water partition coefficient (Wildman–Crippen LogP) is 0.655. The van der Waals surface area contributed by atoms with E-state index >= 15 is 0 Å². The Bertz CT molecular complexity index is 69.1. The Labute approximate surface area is 71.8 Å². The molecule has 0 aliphatic heterocycles. The van der Waals surface area contributed by atoms with E-state index in [-0.39, 0.29) is 29.1 Å². The molecule has 4 radical (unpaired) electrons. The van der Waals surface area contributed by atoms with Crippen molar-refractivity contribution in [2.45, 2.75) is 13.3 Å². The summed E-state index contributed by atoms with van der Waals surface area (Å²) in [5, 5.41) is 2.27. The third-order valence-electron chi connectivity index (χ3n) is 0.526. The standard InChI is InChI=1S/C4H9NOS.Sn/c1-2-3-5-4(6)7;/h2-3H2,1H3,(H2,5,6,7);. The molecule has 0 bridgehead atoms. The topological polar surface area (TPSA) is 29.1 Å². The molecule has 0 aromatic carbocycles. The van der Waals surface area contributed by atoms with Gasteiger partial charge in [-0.2, -0.15) is 0 Å². The summed E-state index contributed by atoms with van der Waals surface area (Å²) in [6, 6.07) is 0. The normalized spacial score (nSPS) is 7.25. The average Bonchev–Trinajstić information content (AvgIpc) is 1.61. The van der Waals surface area contributed by atoms with Crippen molar-refractivity contribution in [2.24, 2.45) is 0 Å². The maximum Gasteiger partial charge on any atom is 0.275 e. The Kier molecular flexibility index (Phi) is 10.9. The summed E-state index contributed by atoms with van der Waals surface area (Å²) in [5.74, 6) is 0. The summed E-state index contributed by atoms with van der Waals surface area (Å²) in [4.78, 5) is 9.96. The molecule has 1 amide bonds. The molecule has 0 heterocycles. The fraction of sp³-hybridized carbons (Fsp3) is 0.750. The fourth-order valence-electron chi connectivity index (χ4n) is 0.232. The zero-order chi connectivity index (χ0) is 5.70. The van der Waals surface area contributed by atoms with Crippen molar-refractivity contribution in [3.8, 4) is 0 Å². The zero-order valence-corrected chi connectivity index (χ0v) is 8.52. The summed E-state index contributed by atoms with van der Waals surface area (Å²) >= 11 is 3.48. The molecule has 4 heteroatoms. The van der Waals surface area contributed by atoms with Gasteiger partial charge in [0.1, 0.15) is 0 Å². The molecule has 0 saturated heterocycles. The summed E-state index contributed by atoms with van der Waals surface area (Å²) in [6.07, 6.45) is 0.965. The summed E-state index contributed by atoms with van der Waals surface area (Å²) in [7, 11) is 0. The summed E-state index contributed by atoms with van der Waals surface area (Å²) in [6.45, 7) is 2.71. The number of hydrogen-bond donors (Lipinski definition) is 2. The minimum Gasteiger partial charge on any atom is -0.347 e. The Morgan fingerprint density at radius 2 is 2.25 bits per heavy atom. The van der Waals surface area contributed by atoms with Crippen LogP contribution >= 0.6 is 12.6 Å². The van der Waals surface area contributed by atoms with Gasteiger partial charge in [0.25, 0.3) is 5.24 Å². The van der Waals surface area contributed by atoms with Crippen LogP contribution in [0.1, 0.15) is 13.3 Å². The average molecular weight is 238 g/mol. The minimum atomic E-state index is -0.248. The van der Waals surface area contributed by atoms with Crippen LogP contribution in [0.4, 0.5) is 4.79 Å². The first-order valence-electron chi connectivity index (χ1n) is 2.24. The zero-order valence-electron chi connectivity index (χ0n) is 4.77. The first-order valence-corrected chi connectivity index (χ1v) is 2.69. The molecule has 8 heavy (non-hydrogen) atoms. The van der Waals surface area contributed by atoms with E-state index in [0.717, 1.165) is 13.0 Å². The van der Waals surface area contributed by atoms with E-state index < -0.39 is 0 Å². The Morgan fingerprint density at radius 3 is 2.38 bits per heavy atom. The van der Waals surface area contributed by atoms with E-state index in [4.69, 9.17) is 0 Å². The molecule has 46 valence electrons. The molecule has 0 aliphatic rings. The second-order valence-electron chi connectivity index (χ2n) is 1.23. The second kappa shape index (κ2) is 7.62. The van der Waals surface area contributed by atoms with Crippen LogP contribution in [-0.4, -0.2) is 35.7 Å². The van der Waals surface area contributed by atoms with E-state index in [1.807, 2.05) is 6.92 Å². The quantitative estimate of drug-likeness (QED) is 0.536. The van der Waals surface area contributed by atoms with Gasteiger partial charge in [-0.25, -0.2) is 0 Å². The predicted molar refractivity (Wildman–Crippen MR) is 38.4 cm³/mol. The number of carbonyl (C=O) groups excluding carboxylic acids is 1. The molecule has 0 saturated carbocycles. The van der Waals surface area contributed by atoms with Crippen LogP contribution in [0.2, 0.25) is 0 Å². The molecule has 0 spiro atoms. The maximum absolute atomic E-state index is 9.96. The van der Waals surface area contributed by atoms with E-state index in [0.29, 0.717) is 0 Å². The molecule has 0 rings (SSSR count). The fourth-order valence-corrected chi connectivity index (χ4v) is 0.344. The molecule has 0 aliphatic carbocycles. The Morgan fingerprint density at radius 1 is 1.75 bits per heavy atom. The van der Waals surface area contributed by atoms with Crippen LogP contribution in [0.3, 0.4) is 0 Å². The number of hydrogen-bond acceptors (Lipinski definition) is 1. The number of amides is 1. The first-order chi connectivity index (χ1) is 3.27. The molecular weight excluding hydrogens is 229 g/mol. The molecular formula is C4H9NOSSn. The van der Waals surface area contributed by atoms with Gasteiger partial charge >= 0.3 is 0 Å². The van der Waals surface area contributed by atoms with Crippen molar-refractivity contribution >= 4 is 41.8 Å². The third kappa shape index (κ3) is 9.80. The van der Waals surface area contributed by atoms with Gasteiger partial charge in [-0.3, -0.25) is 4.79 Å². The molecule has 0 fully saturated rings. The van der Waals surface area contributed by atoms with Crippen LogP contribution in [0, 0.1) is 0 Å². The van der Waals surface area contributed by atoms with Crippen LogP contribution in [0.5, 0.6) is 0 Å². The van der Waals surface area contributed by atoms with Crippen LogP contribution < -0.4 is 5.32 Å². The second-order valence-corrected chi connectivity index (χ2v) is 1.64. The molecule has 0 atom stereocenters. The number of nitrogens with one attached hydrogen (secondary N) is 1. The van der Waals surface area contributed by atoms with Gasteiger partial charge in [0.2, 0.25) is 0 Å². The largest absolute Gasteiger partial charge is 0.347 e. The van der Waals surface area contributed by atoms with Gasteiger partial charge in [-0.1, -0.05) is 19.6 Å². The van der Waals surface area contributed by atoms with Crippen molar-refractivity contribution in [1.29, 1.82) is 0 Å². The van der Waals surface area contributed by atoms with Gasteiger partial charge in [0, 0.05) is 30.5 Å². The van der Waals surface area contributed by atoms with E-state index in [2.05, 4.69) is 17.9 Å². The van der Waals surface area contributed by atoms with Crippen molar-refractivity contribution < 1.29 is 4.79 Å². The molecule has 0 aromatic rings. The molecule has 2 nitrogen and oxygen atoms in total. The van der Waals surface area contributed by atoms with Gasteiger partial charge in [0.15, 0.2) is 0 Å². The monoisotopic (exact) mass is 239 g/mol. The number of thiol groups is 1. The van der Waals surface area contributed by atoms with Crippen molar-refractivity contribution in [1.82, 2.24) is 5.32 Å². The maximum atomic E-state index is 9.96. The third-order valence-corrected chi connectivity index (χ3v) is 0.684. The van der Waals surface area contributed by atoms with Gasteiger partial charge < -0.3 is 5.32 Å². The number of rotatable bonds is 2. The van der Waals surface area contributed by atoms with Gasteiger partial charge in [0.05, 0.1) is 0 Å². The smallest absolute Gasteiger partial charge is 0.275 e. The molecule has 0 aromatic heterocycles. The van der Waals surface area contributed by atoms with Crippen molar-refractivity contribution in [2.75, 3.05) is 6.54 Å². The van der Waals surface area contributed by atoms with Gasteiger partial charge in [-0.15, -0.1) is 0 Å². The molecule has 1 N–H and O–H groups in total. The number of carbonyl (C=O) groups is 1. The van der Waals surface area contributed by atoms with Crippen LogP contribution in [-0.2, 0) is 0 Å². The summed E-state index contributed by atoms with van der Waals surface area (Å²) < 4.78 is 0. The van der Waals surface area contributed by atoms with E-state index in [1.165, 1.54) is 0 Å². The van der Waals surface area contributed by atoms with E-state index in [9.17, 15) is 4.79 Å². The Hall–Kier alpha value is 0.619. The SMILES string of the molecule is CCCNC(=O)S.[Sn]. The van der Waals surface area contributed by atoms with Crippen LogP contribution in [0.15, 0.2) is 0 Å². The summed E-state index contributed by atoms with van der Waals surface area (Å²) in [5.41, 5.74) is 0. The first kappa shape index (κ1) is 11.4. The van der Waals surface area contributed by atoms with Crippen LogP contribution in [0.25, 0.3) is 0 Å². The minimum absolute atomic E-state index is 0.